The molecule has 0 saturated carbocycles. The molecule has 0 spiro atoms. The molecular formula is C18H25N3O. The van der Waals surface area contributed by atoms with Crippen molar-refractivity contribution in [3.05, 3.63) is 24.3 Å². The highest BCUT2D eigenvalue weighted by molar-refractivity contribution is 5.74. The van der Waals surface area contributed by atoms with E-state index in [1.165, 1.54) is 25.7 Å². The van der Waals surface area contributed by atoms with Crippen molar-refractivity contribution in [3.63, 3.8) is 0 Å². The van der Waals surface area contributed by atoms with E-state index < -0.39 is 0 Å². The number of piperidine rings is 1. The summed E-state index contributed by atoms with van der Waals surface area (Å²) in [6.45, 7) is 6.85. The molecule has 3 atom stereocenters. The Hall–Kier alpha value is -1.55. The first kappa shape index (κ1) is 14.1. The number of hydrogen-bond donors (Lipinski definition) is 0. The maximum atomic E-state index is 5.97. The van der Waals surface area contributed by atoms with E-state index in [2.05, 4.69) is 28.6 Å². The van der Waals surface area contributed by atoms with E-state index in [0.717, 1.165) is 30.2 Å². The Labute approximate surface area is 132 Å². The number of likely N-dealkylation sites (tertiary alicyclic amines) is 1. The summed E-state index contributed by atoms with van der Waals surface area (Å²) in [7, 11) is 0. The van der Waals surface area contributed by atoms with Crippen molar-refractivity contribution in [3.8, 4) is 0 Å². The van der Waals surface area contributed by atoms with Crippen LogP contribution in [0.25, 0.3) is 11.1 Å². The monoisotopic (exact) mass is 299 g/mol. The Morgan fingerprint density at radius 2 is 1.86 bits per heavy atom. The van der Waals surface area contributed by atoms with Crippen LogP contribution in [0.3, 0.4) is 0 Å². The fraction of sp³-hybridized carbons (Fsp3) is 0.611. The summed E-state index contributed by atoms with van der Waals surface area (Å²) >= 11 is 0. The number of hydrogen-bond acceptors (Lipinski definition) is 4. The number of fused-ring (bicyclic) bond motifs is 1. The van der Waals surface area contributed by atoms with Gasteiger partial charge in [-0.05, 0) is 51.7 Å². The molecule has 3 heterocycles. The third-order valence-electron chi connectivity index (χ3n) is 5.39. The minimum Gasteiger partial charge on any atom is -0.423 e. The summed E-state index contributed by atoms with van der Waals surface area (Å²) in [5.74, 6) is 0. The minimum absolute atomic E-state index is 0.635. The van der Waals surface area contributed by atoms with Gasteiger partial charge in [0.15, 0.2) is 5.58 Å². The molecule has 4 nitrogen and oxygen atoms in total. The summed E-state index contributed by atoms with van der Waals surface area (Å²) in [4.78, 5) is 9.75. The molecule has 0 N–H and O–H groups in total. The van der Waals surface area contributed by atoms with Crippen LogP contribution in [0.5, 0.6) is 0 Å². The summed E-state index contributed by atoms with van der Waals surface area (Å²) < 4.78 is 5.97. The third kappa shape index (κ3) is 2.39. The van der Waals surface area contributed by atoms with Crippen molar-refractivity contribution < 1.29 is 4.42 Å². The van der Waals surface area contributed by atoms with Crippen molar-refractivity contribution in [2.75, 3.05) is 18.0 Å². The lowest BCUT2D eigenvalue weighted by Crippen LogP contribution is -2.51. The van der Waals surface area contributed by atoms with Gasteiger partial charge in [0.25, 0.3) is 6.01 Å². The zero-order valence-corrected chi connectivity index (χ0v) is 13.5. The standard InChI is InChI=1S/C18H25N3O/c1-13-9-10-14(2)21(13)15-6-5-11-20(12-15)18-19-16-7-3-4-8-17(16)22-18/h3-4,7-8,13-15H,5-6,9-12H2,1-2H3/t13-,14-,15-/m1/s1. The van der Waals surface area contributed by atoms with Crippen LogP contribution < -0.4 is 4.90 Å². The zero-order valence-electron chi connectivity index (χ0n) is 13.5. The maximum absolute atomic E-state index is 5.97. The summed E-state index contributed by atoms with van der Waals surface area (Å²) in [6, 6.07) is 10.9. The molecule has 118 valence electrons. The number of oxazole rings is 1. The molecule has 0 aliphatic carbocycles. The Balaban J connectivity index is 1.55. The molecule has 2 aliphatic heterocycles. The molecule has 1 aromatic heterocycles. The predicted molar refractivity (Wildman–Crippen MR) is 89.2 cm³/mol. The van der Waals surface area contributed by atoms with Gasteiger partial charge < -0.3 is 9.32 Å². The fourth-order valence-electron chi connectivity index (χ4n) is 4.30. The summed E-state index contributed by atoms with van der Waals surface area (Å²) in [5, 5.41) is 0. The van der Waals surface area contributed by atoms with E-state index in [4.69, 9.17) is 4.42 Å². The van der Waals surface area contributed by atoms with Gasteiger partial charge in [0.1, 0.15) is 5.52 Å². The van der Waals surface area contributed by atoms with E-state index in [1.807, 2.05) is 24.3 Å². The van der Waals surface area contributed by atoms with Crippen molar-refractivity contribution >= 4 is 17.1 Å². The third-order valence-corrected chi connectivity index (χ3v) is 5.39. The first-order valence-electron chi connectivity index (χ1n) is 8.60. The number of para-hydroxylation sites is 2. The van der Waals surface area contributed by atoms with Gasteiger partial charge in [0, 0.05) is 31.2 Å². The van der Waals surface area contributed by atoms with Gasteiger partial charge in [-0.25, -0.2) is 0 Å². The predicted octanol–water partition coefficient (Wildman–Crippen LogP) is 3.67. The second-order valence-electron chi connectivity index (χ2n) is 6.93. The molecule has 0 unspecified atom stereocenters. The van der Waals surface area contributed by atoms with E-state index in [1.54, 1.807) is 0 Å². The maximum Gasteiger partial charge on any atom is 0.298 e. The molecule has 2 fully saturated rings. The van der Waals surface area contributed by atoms with Crippen LogP contribution in [0, 0.1) is 0 Å². The summed E-state index contributed by atoms with van der Waals surface area (Å²) in [5.41, 5.74) is 1.85. The highest BCUT2D eigenvalue weighted by atomic mass is 16.4. The van der Waals surface area contributed by atoms with Gasteiger partial charge in [0.2, 0.25) is 0 Å². The van der Waals surface area contributed by atoms with Gasteiger partial charge in [-0.15, -0.1) is 0 Å². The van der Waals surface area contributed by atoms with Crippen molar-refractivity contribution in [2.24, 2.45) is 0 Å². The largest absolute Gasteiger partial charge is 0.423 e. The molecule has 2 saturated heterocycles. The topological polar surface area (TPSA) is 32.5 Å². The first-order chi connectivity index (χ1) is 10.7. The first-order valence-corrected chi connectivity index (χ1v) is 8.60. The van der Waals surface area contributed by atoms with E-state index in [9.17, 15) is 0 Å². The van der Waals surface area contributed by atoms with Gasteiger partial charge in [0.05, 0.1) is 0 Å². The number of benzene rings is 1. The van der Waals surface area contributed by atoms with Crippen LogP contribution in [0.15, 0.2) is 28.7 Å². The van der Waals surface area contributed by atoms with Crippen LogP contribution in [-0.4, -0.2) is 41.1 Å². The quantitative estimate of drug-likeness (QED) is 0.847. The van der Waals surface area contributed by atoms with Crippen LogP contribution >= 0.6 is 0 Å². The van der Waals surface area contributed by atoms with Crippen molar-refractivity contribution in [1.82, 2.24) is 9.88 Å². The highest BCUT2D eigenvalue weighted by Gasteiger charge is 2.36. The normalized spacial score (nSPS) is 30.3. The average Bonchev–Trinajstić information content (AvgIpc) is 3.11. The molecule has 2 aromatic rings. The molecule has 4 rings (SSSR count). The number of nitrogens with zero attached hydrogens (tertiary/aromatic N) is 3. The van der Waals surface area contributed by atoms with E-state index in [-0.39, 0.29) is 0 Å². The Kier molecular flexibility index (Phi) is 3.57. The molecule has 4 heteroatoms. The van der Waals surface area contributed by atoms with Crippen LogP contribution in [0.1, 0.15) is 39.5 Å². The zero-order chi connectivity index (χ0) is 15.1. The molecule has 0 radical (unpaired) electrons. The molecule has 0 bridgehead atoms. The van der Waals surface area contributed by atoms with Gasteiger partial charge in [-0.1, -0.05) is 12.1 Å². The van der Waals surface area contributed by atoms with Crippen LogP contribution in [0.4, 0.5) is 6.01 Å². The smallest absolute Gasteiger partial charge is 0.298 e. The molecule has 1 aromatic carbocycles. The summed E-state index contributed by atoms with van der Waals surface area (Å²) in [6.07, 6.45) is 5.19. The van der Waals surface area contributed by atoms with Crippen LogP contribution in [0.2, 0.25) is 0 Å². The fourth-order valence-corrected chi connectivity index (χ4v) is 4.30. The number of anilines is 1. The number of rotatable bonds is 2. The molecule has 0 amide bonds. The lowest BCUT2D eigenvalue weighted by atomic mass is 10.0. The average molecular weight is 299 g/mol. The molecule has 22 heavy (non-hydrogen) atoms. The van der Waals surface area contributed by atoms with Crippen molar-refractivity contribution in [1.29, 1.82) is 0 Å². The highest BCUT2D eigenvalue weighted by Crippen LogP contribution is 2.31. The lowest BCUT2D eigenvalue weighted by Gasteiger charge is -2.41. The second-order valence-corrected chi connectivity index (χ2v) is 6.93. The van der Waals surface area contributed by atoms with Crippen LogP contribution in [-0.2, 0) is 0 Å². The molecule has 2 aliphatic rings. The van der Waals surface area contributed by atoms with Gasteiger partial charge in [-0.3, -0.25) is 4.90 Å². The molecular weight excluding hydrogens is 274 g/mol. The Morgan fingerprint density at radius 3 is 2.64 bits per heavy atom. The van der Waals surface area contributed by atoms with E-state index >= 15 is 0 Å². The minimum atomic E-state index is 0.635. The second kappa shape index (κ2) is 5.58. The SMILES string of the molecule is C[C@@H]1CC[C@@H](C)N1[C@@H]1CCCN(c2nc3ccccc3o2)C1. The van der Waals surface area contributed by atoms with E-state index in [0.29, 0.717) is 18.1 Å². The Bertz CT molecular complexity index is 610. The Morgan fingerprint density at radius 1 is 1.09 bits per heavy atom. The van der Waals surface area contributed by atoms with Gasteiger partial charge >= 0.3 is 0 Å². The van der Waals surface area contributed by atoms with Crippen molar-refractivity contribution in [2.45, 2.75) is 57.7 Å². The number of aromatic nitrogens is 1. The van der Waals surface area contributed by atoms with Gasteiger partial charge in [-0.2, -0.15) is 4.98 Å². The lowest BCUT2D eigenvalue weighted by molar-refractivity contribution is 0.128.